The third-order valence-corrected chi connectivity index (χ3v) is 3.31. The van der Waals surface area contributed by atoms with Crippen LogP contribution in [-0.4, -0.2) is 16.6 Å². The number of ether oxygens (including phenoxy) is 1. The second-order valence-corrected chi connectivity index (χ2v) is 4.87. The van der Waals surface area contributed by atoms with E-state index in [2.05, 4.69) is 9.97 Å². The van der Waals surface area contributed by atoms with Gasteiger partial charge in [-0.25, -0.2) is 10.8 Å². The molecule has 2 rings (SSSR count). The van der Waals surface area contributed by atoms with E-state index in [1.165, 1.54) is 6.42 Å². The summed E-state index contributed by atoms with van der Waals surface area (Å²) in [4.78, 5) is 7.05. The van der Waals surface area contributed by atoms with E-state index >= 15 is 0 Å². The van der Waals surface area contributed by atoms with E-state index in [0.29, 0.717) is 12.5 Å². The number of alkyl halides is 3. The van der Waals surface area contributed by atoms with Crippen molar-refractivity contribution in [2.24, 2.45) is 11.8 Å². The lowest BCUT2D eigenvalue weighted by molar-refractivity contribution is -0.141. The van der Waals surface area contributed by atoms with Crippen molar-refractivity contribution >= 4 is 5.95 Å². The molecule has 8 heteroatoms. The summed E-state index contributed by atoms with van der Waals surface area (Å²) in [6.45, 7) is 0.373. The van der Waals surface area contributed by atoms with Gasteiger partial charge in [-0.2, -0.15) is 18.2 Å². The molecule has 1 saturated carbocycles. The molecule has 112 valence electrons. The molecule has 1 aliphatic carbocycles. The highest BCUT2D eigenvalue weighted by molar-refractivity contribution is 5.30. The zero-order chi connectivity index (χ0) is 14.6. The Morgan fingerprint density at radius 1 is 1.25 bits per heavy atom. The van der Waals surface area contributed by atoms with Gasteiger partial charge in [0.1, 0.15) is 0 Å². The van der Waals surface area contributed by atoms with E-state index in [-0.39, 0.29) is 11.8 Å². The summed E-state index contributed by atoms with van der Waals surface area (Å²) in [5.41, 5.74) is 0.945. The third kappa shape index (κ3) is 3.96. The van der Waals surface area contributed by atoms with Crippen LogP contribution in [0.3, 0.4) is 0 Å². The Morgan fingerprint density at radius 3 is 2.55 bits per heavy atom. The van der Waals surface area contributed by atoms with Gasteiger partial charge >= 0.3 is 6.18 Å². The molecule has 1 fully saturated rings. The first-order chi connectivity index (χ1) is 9.49. The number of anilines is 1. The quantitative estimate of drug-likeness (QED) is 0.659. The van der Waals surface area contributed by atoms with Crippen LogP contribution in [0, 0.1) is 5.92 Å². The average Bonchev–Trinajstić information content (AvgIpc) is 2.45. The number of halogens is 3. The fraction of sp³-hybridized carbons (Fsp3) is 0.667. The molecular formula is C12H17F3N4O. The van der Waals surface area contributed by atoms with Crippen molar-refractivity contribution in [3.8, 4) is 5.88 Å². The number of aromatic nitrogens is 2. The largest absolute Gasteiger partial charge is 0.477 e. The highest BCUT2D eigenvalue weighted by Crippen LogP contribution is 2.30. The Balaban J connectivity index is 2.06. The highest BCUT2D eigenvalue weighted by atomic mass is 19.4. The predicted molar refractivity (Wildman–Crippen MR) is 66.9 cm³/mol. The molecule has 1 aliphatic rings. The van der Waals surface area contributed by atoms with Crippen molar-refractivity contribution < 1.29 is 17.9 Å². The van der Waals surface area contributed by atoms with Crippen molar-refractivity contribution in [3.05, 3.63) is 11.8 Å². The number of hydrogen-bond donors (Lipinski definition) is 2. The van der Waals surface area contributed by atoms with Gasteiger partial charge in [0.05, 0.1) is 6.61 Å². The van der Waals surface area contributed by atoms with Crippen LogP contribution in [0.25, 0.3) is 0 Å². The summed E-state index contributed by atoms with van der Waals surface area (Å²) >= 11 is 0. The molecule has 20 heavy (non-hydrogen) atoms. The Bertz CT molecular complexity index is 447. The summed E-state index contributed by atoms with van der Waals surface area (Å²) in [7, 11) is 0. The zero-order valence-electron chi connectivity index (χ0n) is 10.9. The maximum atomic E-state index is 12.7. The van der Waals surface area contributed by atoms with Gasteiger partial charge in [-0.1, -0.05) is 19.3 Å². The Kier molecular flexibility index (Phi) is 4.64. The maximum absolute atomic E-state index is 12.7. The molecule has 1 heterocycles. The van der Waals surface area contributed by atoms with Crippen LogP contribution in [0.5, 0.6) is 5.88 Å². The Hall–Kier alpha value is -1.57. The van der Waals surface area contributed by atoms with Gasteiger partial charge in [-0.15, -0.1) is 0 Å². The number of hydrazine groups is 1. The molecule has 0 unspecified atom stereocenters. The van der Waals surface area contributed by atoms with Crippen LogP contribution in [0.1, 0.15) is 37.8 Å². The lowest BCUT2D eigenvalue weighted by Crippen LogP contribution is -2.18. The standard InChI is InChI=1S/C12H17F3N4O/c13-12(14,15)9-6-10(18-11(17-9)19-16)20-7-8-4-2-1-3-5-8/h6,8H,1-5,7,16H2,(H,17,18,19). The minimum atomic E-state index is -4.56. The van der Waals surface area contributed by atoms with Crippen LogP contribution in [-0.2, 0) is 6.18 Å². The minimum Gasteiger partial charge on any atom is -0.477 e. The number of nitrogens with zero attached hydrogens (tertiary/aromatic N) is 2. The topological polar surface area (TPSA) is 73.1 Å². The number of hydrogen-bond acceptors (Lipinski definition) is 5. The van der Waals surface area contributed by atoms with E-state index in [1.807, 2.05) is 5.43 Å². The molecular weight excluding hydrogens is 273 g/mol. The average molecular weight is 290 g/mol. The second kappa shape index (κ2) is 6.25. The highest BCUT2D eigenvalue weighted by Gasteiger charge is 2.34. The molecule has 0 saturated heterocycles. The van der Waals surface area contributed by atoms with E-state index in [9.17, 15) is 13.2 Å². The molecule has 0 spiro atoms. The van der Waals surface area contributed by atoms with Gasteiger partial charge in [0.15, 0.2) is 5.69 Å². The summed E-state index contributed by atoms with van der Waals surface area (Å²) in [5, 5.41) is 0. The van der Waals surface area contributed by atoms with Crippen LogP contribution in [0.15, 0.2) is 6.07 Å². The molecule has 0 aliphatic heterocycles. The fourth-order valence-electron chi connectivity index (χ4n) is 2.27. The monoisotopic (exact) mass is 290 g/mol. The third-order valence-electron chi connectivity index (χ3n) is 3.31. The summed E-state index contributed by atoms with van der Waals surface area (Å²) in [6.07, 6.45) is 1.02. The fourth-order valence-corrected chi connectivity index (χ4v) is 2.27. The van der Waals surface area contributed by atoms with E-state index in [0.717, 1.165) is 31.7 Å². The Labute approximate surface area is 114 Å². The zero-order valence-corrected chi connectivity index (χ0v) is 10.9. The van der Waals surface area contributed by atoms with Gasteiger partial charge in [-0.3, -0.25) is 5.43 Å². The number of nitrogens with one attached hydrogen (secondary N) is 1. The van der Waals surface area contributed by atoms with E-state index < -0.39 is 11.9 Å². The van der Waals surface area contributed by atoms with Crippen molar-refractivity contribution in [2.75, 3.05) is 12.0 Å². The maximum Gasteiger partial charge on any atom is 0.433 e. The smallest absolute Gasteiger partial charge is 0.433 e. The van der Waals surface area contributed by atoms with Crippen molar-refractivity contribution in [3.63, 3.8) is 0 Å². The lowest BCUT2D eigenvalue weighted by atomic mass is 9.90. The normalized spacial score (nSPS) is 17.0. The van der Waals surface area contributed by atoms with Crippen molar-refractivity contribution in [2.45, 2.75) is 38.3 Å². The predicted octanol–water partition coefficient (Wildman–Crippen LogP) is 2.74. The minimum absolute atomic E-state index is 0.106. The van der Waals surface area contributed by atoms with Gasteiger partial charge in [0, 0.05) is 6.07 Å². The van der Waals surface area contributed by atoms with Gasteiger partial charge in [0.2, 0.25) is 11.8 Å². The molecule has 0 bridgehead atoms. The van der Waals surface area contributed by atoms with Gasteiger partial charge in [-0.05, 0) is 18.8 Å². The summed E-state index contributed by atoms with van der Waals surface area (Å²) in [6, 6.07) is 0.795. The van der Waals surface area contributed by atoms with Gasteiger partial charge < -0.3 is 4.74 Å². The second-order valence-electron chi connectivity index (χ2n) is 4.87. The molecule has 5 nitrogen and oxygen atoms in total. The first kappa shape index (κ1) is 14.8. The van der Waals surface area contributed by atoms with E-state index in [1.54, 1.807) is 0 Å². The number of nitrogen functional groups attached to an aromatic ring is 1. The lowest BCUT2D eigenvalue weighted by Gasteiger charge is -2.21. The van der Waals surface area contributed by atoms with Gasteiger partial charge in [0.25, 0.3) is 0 Å². The molecule has 0 radical (unpaired) electrons. The SMILES string of the molecule is NNc1nc(OCC2CCCCC2)cc(C(F)(F)F)n1. The molecule has 0 atom stereocenters. The molecule has 3 N–H and O–H groups in total. The molecule has 0 aromatic carbocycles. The summed E-state index contributed by atoms with van der Waals surface area (Å²) < 4.78 is 43.4. The van der Waals surface area contributed by atoms with Crippen molar-refractivity contribution in [1.29, 1.82) is 0 Å². The summed E-state index contributed by atoms with van der Waals surface area (Å²) in [5.74, 6) is 5.04. The number of nitrogens with two attached hydrogens (primary N) is 1. The van der Waals surface area contributed by atoms with E-state index in [4.69, 9.17) is 10.6 Å². The first-order valence-electron chi connectivity index (χ1n) is 6.54. The van der Waals surface area contributed by atoms with Crippen LogP contribution >= 0.6 is 0 Å². The Morgan fingerprint density at radius 2 is 1.95 bits per heavy atom. The number of rotatable bonds is 4. The molecule has 0 amide bonds. The van der Waals surface area contributed by atoms with Crippen LogP contribution in [0.4, 0.5) is 19.1 Å². The van der Waals surface area contributed by atoms with Crippen LogP contribution in [0.2, 0.25) is 0 Å². The van der Waals surface area contributed by atoms with Crippen LogP contribution < -0.4 is 16.0 Å². The molecule has 1 aromatic rings. The molecule has 1 aromatic heterocycles. The first-order valence-corrected chi connectivity index (χ1v) is 6.54. The van der Waals surface area contributed by atoms with Crippen molar-refractivity contribution in [1.82, 2.24) is 9.97 Å².